The molecule has 0 aliphatic heterocycles. The fraction of sp³-hybridized carbons (Fsp3) is 0.333. The topological polar surface area (TPSA) is 57.3 Å². The molecule has 24 heavy (non-hydrogen) atoms. The molecule has 2 aromatic rings. The van der Waals surface area contributed by atoms with Gasteiger partial charge in [0.25, 0.3) is 0 Å². The Kier molecular flexibility index (Phi) is 4.64. The van der Waals surface area contributed by atoms with Gasteiger partial charge in [0.1, 0.15) is 11.6 Å². The van der Waals surface area contributed by atoms with Crippen LogP contribution in [0.3, 0.4) is 0 Å². The highest BCUT2D eigenvalue weighted by atomic mass is 19.1. The fourth-order valence-electron chi connectivity index (χ4n) is 2.83. The van der Waals surface area contributed by atoms with Crippen molar-refractivity contribution in [2.24, 2.45) is 0 Å². The second-order valence-corrected chi connectivity index (χ2v) is 6.21. The van der Waals surface area contributed by atoms with Gasteiger partial charge in [-0.05, 0) is 30.2 Å². The molecule has 1 aliphatic rings. The molecule has 1 aromatic heterocycles. The monoisotopic (exact) mass is 328 g/mol. The van der Waals surface area contributed by atoms with E-state index in [2.05, 4.69) is 15.6 Å². The van der Waals surface area contributed by atoms with Gasteiger partial charge in [-0.25, -0.2) is 14.2 Å². The average molecular weight is 328 g/mol. The summed E-state index contributed by atoms with van der Waals surface area (Å²) >= 11 is 0. The Morgan fingerprint density at radius 1 is 1.33 bits per heavy atom. The SMILES string of the molecule is CN(C)c1ncccc1CNC(=O)N[C@@H]1C[C@H]1c1cccc(F)c1. The fourth-order valence-corrected chi connectivity index (χ4v) is 2.83. The van der Waals surface area contributed by atoms with Crippen molar-refractivity contribution in [2.75, 3.05) is 19.0 Å². The van der Waals surface area contributed by atoms with Crippen molar-refractivity contribution in [3.63, 3.8) is 0 Å². The van der Waals surface area contributed by atoms with Crippen LogP contribution < -0.4 is 15.5 Å². The first kappa shape index (κ1) is 16.2. The van der Waals surface area contributed by atoms with E-state index in [1.54, 1.807) is 12.3 Å². The van der Waals surface area contributed by atoms with Gasteiger partial charge in [-0.15, -0.1) is 0 Å². The first-order chi connectivity index (χ1) is 11.5. The van der Waals surface area contributed by atoms with Crippen LogP contribution in [0.4, 0.5) is 15.0 Å². The highest BCUT2D eigenvalue weighted by molar-refractivity contribution is 5.75. The molecular formula is C18H21FN4O. The number of pyridine rings is 1. The maximum atomic E-state index is 13.2. The lowest BCUT2D eigenvalue weighted by Gasteiger charge is -2.16. The summed E-state index contributed by atoms with van der Waals surface area (Å²) in [5.41, 5.74) is 1.89. The predicted molar refractivity (Wildman–Crippen MR) is 91.5 cm³/mol. The Morgan fingerprint density at radius 2 is 2.17 bits per heavy atom. The number of carbonyl (C=O) groups excluding carboxylic acids is 1. The van der Waals surface area contributed by atoms with E-state index in [-0.39, 0.29) is 23.8 Å². The molecule has 2 atom stereocenters. The molecule has 0 saturated heterocycles. The van der Waals surface area contributed by atoms with Crippen molar-refractivity contribution in [2.45, 2.75) is 24.9 Å². The third-order valence-corrected chi connectivity index (χ3v) is 4.11. The Labute approximate surface area is 140 Å². The molecule has 2 N–H and O–H groups in total. The van der Waals surface area contributed by atoms with E-state index in [1.807, 2.05) is 37.2 Å². The van der Waals surface area contributed by atoms with Gasteiger partial charge in [0, 0.05) is 44.4 Å². The van der Waals surface area contributed by atoms with Gasteiger partial charge >= 0.3 is 6.03 Å². The minimum atomic E-state index is -0.240. The number of nitrogens with one attached hydrogen (secondary N) is 2. The maximum Gasteiger partial charge on any atom is 0.315 e. The lowest BCUT2D eigenvalue weighted by atomic mass is 10.1. The van der Waals surface area contributed by atoms with Crippen molar-refractivity contribution in [3.8, 4) is 0 Å². The van der Waals surface area contributed by atoms with Gasteiger partial charge in [-0.3, -0.25) is 0 Å². The van der Waals surface area contributed by atoms with E-state index >= 15 is 0 Å². The Bertz CT molecular complexity index is 734. The van der Waals surface area contributed by atoms with Crippen LogP contribution in [0.1, 0.15) is 23.5 Å². The zero-order valence-corrected chi connectivity index (χ0v) is 13.8. The summed E-state index contributed by atoms with van der Waals surface area (Å²) in [5.74, 6) is 0.791. The maximum absolute atomic E-state index is 13.2. The summed E-state index contributed by atoms with van der Waals surface area (Å²) in [4.78, 5) is 18.3. The summed E-state index contributed by atoms with van der Waals surface area (Å²) < 4.78 is 13.2. The number of anilines is 1. The molecule has 1 aliphatic carbocycles. The van der Waals surface area contributed by atoms with Crippen LogP contribution >= 0.6 is 0 Å². The van der Waals surface area contributed by atoms with Crippen LogP contribution in [0.5, 0.6) is 0 Å². The van der Waals surface area contributed by atoms with Crippen LogP contribution in [0.15, 0.2) is 42.6 Å². The van der Waals surface area contributed by atoms with Gasteiger partial charge in [-0.1, -0.05) is 18.2 Å². The van der Waals surface area contributed by atoms with Crippen LogP contribution in [-0.2, 0) is 6.54 Å². The molecular weight excluding hydrogens is 307 g/mol. The Hall–Kier alpha value is -2.63. The van der Waals surface area contributed by atoms with Crippen molar-refractivity contribution in [1.29, 1.82) is 0 Å². The number of aromatic nitrogens is 1. The number of benzene rings is 1. The first-order valence-electron chi connectivity index (χ1n) is 7.95. The number of rotatable bonds is 5. The molecule has 6 heteroatoms. The number of amides is 2. The number of halogens is 1. The number of nitrogens with zero attached hydrogens (tertiary/aromatic N) is 2. The van der Waals surface area contributed by atoms with E-state index in [4.69, 9.17) is 0 Å². The Morgan fingerprint density at radius 3 is 2.92 bits per heavy atom. The summed E-state index contributed by atoms with van der Waals surface area (Å²) in [5, 5.41) is 5.79. The van der Waals surface area contributed by atoms with Gasteiger partial charge in [0.05, 0.1) is 0 Å². The molecule has 1 heterocycles. The highest BCUT2D eigenvalue weighted by Crippen LogP contribution is 2.40. The first-order valence-corrected chi connectivity index (χ1v) is 7.95. The number of hydrogen-bond acceptors (Lipinski definition) is 3. The third-order valence-electron chi connectivity index (χ3n) is 4.11. The Balaban J connectivity index is 1.51. The number of hydrogen-bond donors (Lipinski definition) is 2. The molecule has 0 unspecified atom stereocenters. The summed E-state index contributed by atoms with van der Waals surface area (Å²) in [6.45, 7) is 0.407. The van der Waals surface area contributed by atoms with Crippen LogP contribution in [0, 0.1) is 5.82 Å². The van der Waals surface area contributed by atoms with Crippen molar-refractivity contribution < 1.29 is 9.18 Å². The molecule has 3 rings (SSSR count). The number of carbonyl (C=O) groups is 1. The van der Waals surface area contributed by atoms with E-state index in [9.17, 15) is 9.18 Å². The molecule has 0 radical (unpaired) electrons. The lowest BCUT2D eigenvalue weighted by molar-refractivity contribution is 0.240. The summed E-state index contributed by atoms with van der Waals surface area (Å²) in [7, 11) is 3.83. The van der Waals surface area contributed by atoms with Gasteiger partial charge in [0.2, 0.25) is 0 Å². The smallest absolute Gasteiger partial charge is 0.315 e. The molecule has 2 amide bonds. The van der Waals surface area contributed by atoms with Crippen LogP contribution in [-0.4, -0.2) is 31.2 Å². The molecule has 0 spiro atoms. The summed E-state index contributed by atoms with van der Waals surface area (Å²) in [6, 6.07) is 10.2. The van der Waals surface area contributed by atoms with Crippen molar-refractivity contribution >= 4 is 11.8 Å². The lowest BCUT2D eigenvalue weighted by Crippen LogP contribution is -2.37. The van der Waals surface area contributed by atoms with Crippen LogP contribution in [0.2, 0.25) is 0 Å². The molecule has 1 aromatic carbocycles. The van der Waals surface area contributed by atoms with Gasteiger partial charge < -0.3 is 15.5 Å². The van der Waals surface area contributed by atoms with Crippen LogP contribution in [0.25, 0.3) is 0 Å². The molecule has 5 nitrogen and oxygen atoms in total. The zero-order valence-electron chi connectivity index (χ0n) is 13.8. The van der Waals surface area contributed by atoms with E-state index < -0.39 is 0 Å². The minimum absolute atomic E-state index is 0.0639. The second-order valence-electron chi connectivity index (χ2n) is 6.21. The summed E-state index contributed by atoms with van der Waals surface area (Å²) in [6.07, 6.45) is 2.57. The van der Waals surface area contributed by atoms with E-state index in [1.165, 1.54) is 12.1 Å². The minimum Gasteiger partial charge on any atom is -0.362 e. The quantitative estimate of drug-likeness (QED) is 0.887. The molecule has 0 bridgehead atoms. The highest BCUT2D eigenvalue weighted by Gasteiger charge is 2.39. The van der Waals surface area contributed by atoms with E-state index in [0.29, 0.717) is 6.54 Å². The zero-order chi connectivity index (χ0) is 17.1. The van der Waals surface area contributed by atoms with Crippen molar-refractivity contribution in [1.82, 2.24) is 15.6 Å². The number of urea groups is 1. The standard InChI is InChI=1S/C18H21FN4O/c1-23(2)17-13(6-4-8-20-17)11-21-18(24)22-16-10-15(16)12-5-3-7-14(19)9-12/h3-9,15-16H,10-11H2,1-2H3,(H2,21,22,24)/t15-,16+/m0/s1. The molecule has 1 saturated carbocycles. The predicted octanol–water partition coefficient (Wildman–Crippen LogP) is 2.64. The van der Waals surface area contributed by atoms with Crippen molar-refractivity contribution in [3.05, 3.63) is 59.5 Å². The molecule has 126 valence electrons. The van der Waals surface area contributed by atoms with Gasteiger partial charge in [-0.2, -0.15) is 0 Å². The normalized spacial score (nSPS) is 18.8. The van der Waals surface area contributed by atoms with Gasteiger partial charge in [0.15, 0.2) is 0 Å². The van der Waals surface area contributed by atoms with E-state index in [0.717, 1.165) is 23.4 Å². The second kappa shape index (κ2) is 6.86. The average Bonchev–Trinajstić information content (AvgIpc) is 3.32. The third kappa shape index (κ3) is 3.82. The molecule has 1 fully saturated rings. The largest absolute Gasteiger partial charge is 0.362 e.